The first-order valence-corrected chi connectivity index (χ1v) is 10.8. The van der Waals surface area contributed by atoms with E-state index >= 15 is 0 Å². The fourth-order valence-corrected chi connectivity index (χ4v) is 4.28. The monoisotopic (exact) mass is 478 g/mol. The van der Waals surface area contributed by atoms with Crippen LogP contribution in [0.25, 0.3) is 0 Å². The summed E-state index contributed by atoms with van der Waals surface area (Å²) in [5.41, 5.74) is 0.343. The van der Waals surface area contributed by atoms with Crippen LogP contribution in [0.4, 0.5) is 0 Å². The largest absolute Gasteiger partial charge is 0.508 e. The zero-order valence-corrected chi connectivity index (χ0v) is 18.1. The van der Waals surface area contributed by atoms with Gasteiger partial charge in [-0.15, -0.1) is 6.58 Å². The number of fused-ring (bicyclic) bond motifs is 1. The van der Waals surface area contributed by atoms with Crippen molar-refractivity contribution in [3.05, 3.63) is 54.3 Å². The molecular weight excluding hydrogens is 452 g/mol. The van der Waals surface area contributed by atoms with Crippen LogP contribution >= 0.6 is 0 Å². The van der Waals surface area contributed by atoms with Gasteiger partial charge in [0.2, 0.25) is 6.29 Å². The molecule has 2 saturated heterocycles. The number of phenolic OH excluding ortho intramolecular Hbond substituents is 1. The third-order valence-electron chi connectivity index (χ3n) is 6.09. The lowest BCUT2D eigenvalue weighted by atomic mass is 9.81. The zero-order valence-electron chi connectivity index (χ0n) is 18.1. The van der Waals surface area contributed by atoms with E-state index < -0.39 is 61.5 Å². The lowest BCUT2D eigenvalue weighted by molar-refractivity contribution is -0.339. The zero-order chi connectivity index (χ0) is 24.4. The molecule has 2 fully saturated rings. The quantitative estimate of drug-likeness (QED) is 0.321. The van der Waals surface area contributed by atoms with Gasteiger partial charge in [-0.05, 0) is 24.6 Å². The molecule has 0 aromatic heterocycles. The number of aliphatic hydroxyl groups is 3. The Morgan fingerprint density at radius 2 is 2.03 bits per heavy atom. The highest BCUT2D eigenvalue weighted by atomic mass is 16.8. The summed E-state index contributed by atoms with van der Waals surface area (Å²) in [6.45, 7) is 3.37. The molecule has 1 aromatic rings. The summed E-state index contributed by atoms with van der Waals surface area (Å²) in [4.78, 5) is 24.6. The number of esters is 2. The number of rotatable bonds is 6. The second-order valence-corrected chi connectivity index (χ2v) is 8.18. The van der Waals surface area contributed by atoms with Gasteiger partial charge < -0.3 is 44.1 Å². The van der Waals surface area contributed by atoms with Gasteiger partial charge in [-0.1, -0.05) is 12.1 Å². The lowest BCUT2D eigenvalue weighted by Gasteiger charge is -2.44. The predicted octanol–water partition coefficient (Wildman–Crippen LogP) is -0.0213. The van der Waals surface area contributed by atoms with Crippen LogP contribution in [-0.2, 0) is 28.5 Å². The van der Waals surface area contributed by atoms with Crippen LogP contribution in [0.5, 0.6) is 5.75 Å². The Morgan fingerprint density at radius 3 is 2.74 bits per heavy atom. The topological polar surface area (TPSA) is 161 Å². The van der Waals surface area contributed by atoms with Crippen molar-refractivity contribution in [1.82, 2.24) is 0 Å². The number of carbonyl (C=O) groups is 2. The number of cyclic esters (lactones) is 1. The normalized spacial score (nSPS) is 35.3. The van der Waals surface area contributed by atoms with Crippen LogP contribution < -0.4 is 0 Å². The molecule has 3 aliphatic rings. The highest BCUT2D eigenvalue weighted by Gasteiger charge is 2.50. The Bertz CT molecular complexity index is 960. The minimum Gasteiger partial charge on any atom is -0.508 e. The maximum absolute atomic E-state index is 12.5. The summed E-state index contributed by atoms with van der Waals surface area (Å²) in [5, 5.41) is 40.6. The van der Waals surface area contributed by atoms with Gasteiger partial charge in [0.15, 0.2) is 12.4 Å². The number of carbonyl (C=O) groups excluding carboxylic acids is 2. The predicted molar refractivity (Wildman–Crippen MR) is 112 cm³/mol. The van der Waals surface area contributed by atoms with Crippen molar-refractivity contribution in [3.63, 3.8) is 0 Å². The maximum Gasteiger partial charge on any atom is 0.338 e. The SMILES string of the molecule is C=CC1C(OC2OC(CO)C(O)C(OC(=O)c3cccc(O)c3)C2O)OC=C2C(=O)OCCC21. The lowest BCUT2D eigenvalue weighted by Crippen LogP contribution is -2.61. The average molecular weight is 478 g/mol. The number of ether oxygens (including phenoxy) is 5. The number of aromatic hydroxyl groups is 1. The first kappa shape index (κ1) is 24.2. The van der Waals surface area contributed by atoms with Crippen LogP contribution in [0.1, 0.15) is 16.8 Å². The molecule has 11 heteroatoms. The maximum atomic E-state index is 12.5. The molecular formula is C23H26O11. The fraction of sp³-hybridized carbons (Fsp3) is 0.478. The Balaban J connectivity index is 1.52. The van der Waals surface area contributed by atoms with Crippen LogP contribution in [0.2, 0.25) is 0 Å². The number of hydrogen-bond donors (Lipinski definition) is 4. The van der Waals surface area contributed by atoms with Crippen molar-refractivity contribution < 1.29 is 53.7 Å². The van der Waals surface area contributed by atoms with E-state index in [2.05, 4.69) is 6.58 Å². The van der Waals surface area contributed by atoms with Crippen molar-refractivity contribution in [1.29, 1.82) is 0 Å². The van der Waals surface area contributed by atoms with Gasteiger partial charge >= 0.3 is 11.9 Å². The third-order valence-corrected chi connectivity index (χ3v) is 6.09. The molecule has 0 saturated carbocycles. The molecule has 34 heavy (non-hydrogen) atoms. The van der Waals surface area contributed by atoms with Gasteiger partial charge in [0.1, 0.15) is 24.1 Å². The highest BCUT2D eigenvalue weighted by Crippen LogP contribution is 2.39. The molecule has 11 nitrogen and oxygen atoms in total. The first-order chi connectivity index (χ1) is 16.3. The summed E-state index contributed by atoms with van der Waals surface area (Å²) < 4.78 is 27.2. The van der Waals surface area contributed by atoms with Crippen LogP contribution in [-0.4, -0.2) is 82.6 Å². The number of phenols is 1. The van der Waals surface area contributed by atoms with E-state index in [-0.39, 0.29) is 23.8 Å². The Labute approximate surface area is 194 Å². The van der Waals surface area contributed by atoms with Gasteiger partial charge in [-0.3, -0.25) is 0 Å². The number of hydrogen-bond acceptors (Lipinski definition) is 11. The molecule has 0 amide bonds. The number of benzene rings is 1. The standard InChI is InChI=1S/C23H26O11/c1-2-13-14-6-7-30-21(29)15(14)10-31-22(13)34-23-18(27)19(17(26)16(9-24)32-23)33-20(28)11-4-3-5-12(25)8-11/h2-5,8,10,13-14,16-19,22-27H,1,6-7,9H2. The molecule has 4 rings (SSSR count). The molecule has 4 N–H and O–H groups in total. The van der Waals surface area contributed by atoms with E-state index in [0.29, 0.717) is 12.0 Å². The van der Waals surface area contributed by atoms with Crippen molar-refractivity contribution in [2.24, 2.45) is 11.8 Å². The average Bonchev–Trinajstić information content (AvgIpc) is 2.83. The van der Waals surface area contributed by atoms with Gasteiger partial charge in [-0.2, -0.15) is 0 Å². The Kier molecular flexibility index (Phi) is 7.19. The van der Waals surface area contributed by atoms with E-state index in [1.807, 2.05) is 0 Å². The Hall–Kier alpha value is -2.96. The number of aliphatic hydroxyl groups excluding tert-OH is 3. The van der Waals surface area contributed by atoms with E-state index in [9.17, 15) is 30.0 Å². The summed E-state index contributed by atoms with van der Waals surface area (Å²) in [7, 11) is 0. The summed E-state index contributed by atoms with van der Waals surface area (Å²) in [6, 6.07) is 5.36. The molecule has 3 aliphatic heterocycles. The van der Waals surface area contributed by atoms with Gasteiger partial charge in [0.05, 0.1) is 30.6 Å². The third kappa shape index (κ3) is 4.65. The van der Waals surface area contributed by atoms with Crippen LogP contribution in [0.3, 0.4) is 0 Å². The molecule has 0 bridgehead atoms. The molecule has 0 aliphatic carbocycles. The summed E-state index contributed by atoms with van der Waals surface area (Å²) in [6.07, 6.45) is -5.14. The first-order valence-electron chi connectivity index (χ1n) is 10.8. The smallest absolute Gasteiger partial charge is 0.338 e. The second-order valence-electron chi connectivity index (χ2n) is 8.18. The molecule has 1 aromatic carbocycles. The van der Waals surface area contributed by atoms with Crippen molar-refractivity contribution in [2.45, 2.75) is 43.4 Å². The van der Waals surface area contributed by atoms with E-state index in [1.165, 1.54) is 30.5 Å². The minimum absolute atomic E-state index is 0.00639. The van der Waals surface area contributed by atoms with E-state index in [4.69, 9.17) is 23.7 Å². The molecule has 3 heterocycles. The fourth-order valence-electron chi connectivity index (χ4n) is 4.28. The van der Waals surface area contributed by atoms with E-state index in [1.54, 1.807) is 6.08 Å². The van der Waals surface area contributed by atoms with Crippen LogP contribution in [0.15, 0.2) is 48.8 Å². The molecule has 8 unspecified atom stereocenters. The minimum atomic E-state index is -1.66. The second kappa shape index (κ2) is 10.1. The summed E-state index contributed by atoms with van der Waals surface area (Å²) in [5.74, 6) is -2.34. The molecule has 0 radical (unpaired) electrons. The Morgan fingerprint density at radius 1 is 1.24 bits per heavy atom. The van der Waals surface area contributed by atoms with Crippen molar-refractivity contribution in [2.75, 3.05) is 13.2 Å². The molecule has 8 atom stereocenters. The summed E-state index contributed by atoms with van der Waals surface area (Å²) >= 11 is 0. The molecule has 184 valence electrons. The van der Waals surface area contributed by atoms with Crippen molar-refractivity contribution in [3.8, 4) is 5.75 Å². The van der Waals surface area contributed by atoms with Gasteiger partial charge in [0, 0.05) is 11.8 Å². The van der Waals surface area contributed by atoms with E-state index in [0.717, 1.165) is 0 Å². The molecule has 0 spiro atoms. The van der Waals surface area contributed by atoms with Gasteiger partial charge in [0.25, 0.3) is 0 Å². The van der Waals surface area contributed by atoms with Crippen molar-refractivity contribution >= 4 is 11.9 Å². The highest BCUT2D eigenvalue weighted by molar-refractivity contribution is 5.90. The van der Waals surface area contributed by atoms with Crippen LogP contribution in [0, 0.1) is 11.8 Å². The van der Waals surface area contributed by atoms with Gasteiger partial charge in [-0.25, -0.2) is 9.59 Å².